The number of nitrogen functional groups attached to an aromatic ring is 1. The Kier molecular flexibility index (Phi) is 3.89. The lowest BCUT2D eigenvalue weighted by atomic mass is 9.90. The second kappa shape index (κ2) is 6.42. The van der Waals surface area contributed by atoms with Crippen LogP contribution in [0.4, 0.5) is 11.5 Å². The molecule has 3 heterocycles. The van der Waals surface area contributed by atoms with Gasteiger partial charge >= 0.3 is 0 Å². The summed E-state index contributed by atoms with van der Waals surface area (Å²) >= 11 is 1.49. The van der Waals surface area contributed by atoms with E-state index >= 15 is 0 Å². The average Bonchev–Trinajstić information content (AvgIpc) is 3.30. The molecule has 0 unspecified atom stereocenters. The van der Waals surface area contributed by atoms with Crippen molar-refractivity contribution in [1.29, 1.82) is 0 Å². The number of rotatable bonds is 2. The molecule has 2 aliphatic rings. The van der Waals surface area contributed by atoms with Gasteiger partial charge in [0.15, 0.2) is 0 Å². The van der Waals surface area contributed by atoms with Gasteiger partial charge in [0.1, 0.15) is 10.8 Å². The molecule has 2 aromatic heterocycles. The van der Waals surface area contributed by atoms with E-state index in [2.05, 4.69) is 9.98 Å². The molecule has 7 heteroatoms. The maximum atomic E-state index is 12.6. The fraction of sp³-hybridized carbons (Fsp3) is 0.300. The van der Waals surface area contributed by atoms with Crippen LogP contribution in [0.25, 0.3) is 16.6 Å². The zero-order valence-corrected chi connectivity index (χ0v) is 15.6. The smallest absolute Gasteiger partial charge is 0.283 e. The molecule has 0 saturated heterocycles. The highest BCUT2D eigenvalue weighted by molar-refractivity contribution is 7.16. The van der Waals surface area contributed by atoms with Crippen LogP contribution in [0.2, 0.25) is 0 Å². The Bertz CT molecular complexity index is 1150. The van der Waals surface area contributed by atoms with Gasteiger partial charge in [-0.25, -0.2) is 0 Å². The molecule has 5 rings (SSSR count). The van der Waals surface area contributed by atoms with Crippen LogP contribution in [0.15, 0.2) is 34.1 Å². The monoisotopic (exact) mass is 377 g/mol. The number of allylic oxidation sites excluding steroid dienone is 1. The van der Waals surface area contributed by atoms with Crippen LogP contribution < -0.4 is 11.3 Å². The number of hydrogen-bond acceptors (Lipinski definition) is 6. The molecule has 0 bridgehead atoms. The van der Waals surface area contributed by atoms with Crippen molar-refractivity contribution in [2.45, 2.75) is 38.0 Å². The Morgan fingerprint density at radius 1 is 1.19 bits per heavy atom. The molecule has 27 heavy (non-hydrogen) atoms. The minimum absolute atomic E-state index is 0.323. The number of nitrogens with zero attached hydrogens (tertiary/aromatic N) is 4. The van der Waals surface area contributed by atoms with Gasteiger partial charge in [0.25, 0.3) is 5.56 Å². The topological polar surface area (TPSA) is 85.6 Å². The fourth-order valence-corrected chi connectivity index (χ4v) is 4.92. The van der Waals surface area contributed by atoms with Crippen molar-refractivity contribution in [3.05, 3.63) is 50.8 Å². The number of aliphatic imine (C=N–C) groups is 1. The molecule has 0 atom stereocenters. The first-order valence-electron chi connectivity index (χ1n) is 9.25. The van der Waals surface area contributed by atoms with Crippen molar-refractivity contribution >= 4 is 45.7 Å². The van der Waals surface area contributed by atoms with Gasteiger partial charge in [0.2, 0.25) is 4.96 Å². The van der Waals surface area contributed by atoms with Crippen LogP contribution in [-0.2, 0) is 0 Å². The maximum Gasteiger partial charge on any atom is 0.283 e. The summed E-state index contributed by atoms with van der Waals surface area (Å²) in [5.74, 6) is 0.796. The Balaban J connectivity index is 1.60. The van der Waals surface area contributed by atoms with Crippen LogP contribution in [0.1, 0.15) is 54.2 Å². The average molecular weight is 377 g/mol. The lowest BCUT2D eigenvalue weighted by Crippen LogP contribution is -2.17. The largest absolute Gasteiger partial charge is 0.383 e. The van der Waals surface area contributed by atoms with Gasteiger partial charge in [-0.3, -0.25) is 9.79 Å². The zero-order chi connectivity index (χ0) is 18.4. The Morgan fingerprint density at radius 2 is 2.00 bits per heavy atom. The van der Waals surface area contributed by atoms with Crippen LogP contribution in [-0.4, -0.2) is 20.8 Å². The summed E-state index contributed by atoms with van der Waals surface area (Å²) in [5, 5.41) is 5.74. The molecule has 0 spiro atoms. The van der Waals surface area contributed by atoms with E-state index in [0.29, 0.717) is 22.3 Å². The van der Waals surface area contributed by atoms with E-state index in [0.717, 1.165) is 34.7 Å². The molecular weight excluding hydrogens is 358 g/mol. The lowest BCUT2D eigenvalue weighted by Gasteiger charge is -2.18. The summed E-state index contributed by atoms with van der Waals surface area (Å²) in [4.78, 5) is 21.8. The molecule has 2 N–H and O–H groups in total. The summed E-state index contributed by atoms with van der Waals surface area (Å²) in [5.41, 5.74) is 9.12. The summed E-state index contributed by atoms with van der Waals surface area (Å²) in [6, 6.07) is 7.83. The first-order chi connectivity index (χ1) is 13.2. The van der Waals surface area contributed by atoms with Crippen molar-refractivity contribution in [2.24, 2.45) is 4.99 Å². The highest BCUT2D eigenvalue weighted by atomic mass is 32.1. The van der Waals surface area contributed by atoms with Gasteiger partial charge in [-0.1, -0.05) is 48.8 Å². The molecule has 1 aromatic carbocycles. The van der Waals surface area contributed by atoms with Gasteiger partial charge in [0, 0.05) is 23.3 Å². The number of aromatic nitrogens is 3. The summed E-state index contributed by atoms with van der Waals surface area (Å²) in [7, 11) is 0. The van der Waals surface area contributed by atoms with Crippen LogP contribution in [0.5, 0.6) is 0 Å². The number of para-hydroxylation sites is 1. The second-order valence-electron chi connectivity index (χ2n) is 7.06. The Hall–Kier alpha value is -2.80. The predicted octanol–water partition coefficient (Wildman–Crippen LogP) is 4.04. The first-order valence-corrected chi connectivity index (χ1v) is 10.1. The van der Waals surface area contributed by atoms with Gasteiger partial charge in [-0.05, 0) is 25.0 Å². The van der Waals surface area contributed by atoms with Crippen LogP contribution in [0.3, 0.4) is 0 Å². The van der Waals surface area contributed by atoms with Gasteiger partial charge in [-0.15, -0.1) is 0 Å². The third-order valence-corrected chi connectivity index (χ3v) is 6.39. The van der Waals surface area contributed by atoms with Crippen molar-refractivity contribution in [3.8, 4) is 0 Å². The molecular formula is C20H19N5OS. The minimum atomic E-state index is -0.323. The SMILES string of the molecule is Nc1c(/C=C2\C=Nc3ccccc32)c(=O)nc2sc(C3CCCCC3)nn12. The van der Waals surface area contributed by atoms with E-state index in [1.165, 1.54) is 30.6 Å². The van der Waals surface area contributed by atoms with Crippen molar-refractivity contribution < 1.29 is 0 Å². The summed E-state index contributed by atoms with van der Waals surface area (Å²) < 4.78 is 1.63. The molecule has 136 valence electrons. The standard InChI is InChI=1S/C20H19N5OS/c21-17-15(10-13-11-22-16-9-5-4-8-14(13)16)18(26)23-20-25(17)24-19(27-20)12-6-2-1-3-7-12/h4-5,8-12H,1-3,6-7,21H2/b13-10+. The number of fused-ring (bicyclic) bond motifs is 2. The number of nitrogens with two attached hydrogens (primary N) is 1. The number of benzene rings is 1. The van der Waals surface area contributed by atoms with E-state index in [1.54, 1.807) is 16.8 Å². The molecule has 1 aliphatic heterocycles. The highest BCUT2D eigenvalue weighted by Crippen LogP contribution is 2.36. The summed E-state index contributed by atoms with van der Waals surface area (Å²) in [6.45, 7) is 0. The van der Waals surface area contributed by atoms with E-state index in [4.69, 9.17) is 10.8 Å². The third kappa shape index (κ3) is 2.78. The van der Waals surface area contributed by atoms with Gasteiger partial charge < -0.3 is 5.73 Å². The third-order valence-electron chi connectivity index (χ3n) is 5.32. The number of anilines is 1. The minimum Gasteiger partial charge on any atom is -0.383 e. The zero-order valence-electron chi connectivity index (χ0n) is 14.8. The van der Waals surface area contributed by atoms with Gasteiger partial charge in [-0.2, -0.15) is 14.6 Å². The molecule has 1 fully saturated rings. The maximum absolute atomic E-state index is 12.6. The van der Waals surface area contributed by atoms with E-state index in [1.807, 2.05) is 24.3 Å². The second-order valence-corrected chi connectivity index (χ2v) is 8.05. The Labute approximate surface area is 160 Å². The van der Waals surface area contributed by atoms with Crippen LogP contribution in [0, 0.1) is 0 Å². The summed E-state index contributed by atoms with van der Waals surface area (Å²) in [6.07, 6.45) is 9.58. The molecule has 0 radical (unpaired) electrons. The van der Waals surface area contributed by atoms with Gasteiger partial charge in [0.05, 0.1) is 11.3 Å². The Morgan fingerprint density at radius 3 is 2.85 bits per heavy atom. The lowest BCUT2D eigenvalue weighted by molar-refractivity contribution is 0.440. The molecule has 1 aliphatic carbocycles. The molecule has 6 nitrogen and oxygen atoms in total. The van der Waals surface area contributed by atoms with Crippen molar-refractivity contribution in [3.63, 3.8) is 0 Å². The molecule has 0 amide bonds. The molecule has 1 saturated carbocycles. The van der Waals surface area contributed by atoms with Crippen molar-refractivity contribution in [1.82, 2.24) is 14.6 Å². The van der Waals surface area contributed by atoms with E-state index < -0.39 is 0 Å². The van der Waals surface area contributed by atoms with Crippen molar-refractivity contribution in [2.75, 3.05) is 5.73 Å². The normalized spacial score (nSPS) is 18.4. The van der Waals surface area contributed by atoms with Crippen LogP contribution >= 0.6 is 11.3 Å². The number of hydrogen-bond donors (Lipinski definition) is 1. The van der Waals surface area contributed by atoms with E-state index in [9.17, 15) is 4.79 Å². The highest BCUT2D eigenvalue weighted by Gasteiger charge is 2.22. The molecule has 3 aromatic rings. The quantitative estimate of drug-likeness (QED) is 0.730. The predicted molar refractivity (Wildman–Crippen MR) is 110 cm³/mol. The van der Waals surface area contributed by atoms with E-state index in [-0.39, 0.29) is 5.56 Å². The first kappa shape index (κ1) is 16.4. The fourth-order valence-electron chi connectivity index (χ4n) is 3.86.